The van der Waals surface area contributed by atoms with Gasteiger partial charge in [-0.05, 0) is 6.07 Å². The lowest BCUT2D eigenvalue weighted by Crippen LogP contribution is -2.04. The Kier molecular flexibility index (Phi) is 4.91. The van der Waals surface area contributed by atoms with E-state index in [0.29, 0.717) is 6.54 Å². The van der Waals surface area contributed by atoms with Gasteiger partial charge in [0, 0.05) is 19.0 Å². The Morgan fingerprint density at radius 2 is 1.93 bits per heavy atom. The van der Waals surface area contributed by atoms with Crippen molar-refractivity contribution in [1.82, 2.24) is 9.78 Å². The molecule has 14 heavy (non-hydrogen) atoms. The number of hydrogen-bond acceptors (Lipinski definition) is 2. The molecular weight excluding hydrogens is 221 g/mol. The second-order valence-electron chi connectivity index (χ2n) is 2.79. The summed E-state index contributed by atoms with van der Waals surface area (Å²) < 4.78 is 1.84. The number of rotatable bonds is 1. The van der Waals surface area contributed by atoms with Crippen molar-refractivity contribution in [3.63, 3.8) is 0 Å². The number of hydrogen-bond donors (Lipinski definition) is 1. The van der Waals surface area contributed by atoms with Crippen LogP contribution in [0.4, 0.5) is 0 Å². The first-order chi connectivity index (χ1) is 5.83. The Morgan fingerprint density at radius 3 is 2.57 bits per heavy atom. The maximum absolute atomic E-state index is 5.60. The van der Waals surface area contributed by atoms with Crippen LogP contribution < -0.4 is 5.73 Å². The van der Waals surface area contributed by atoms with Crippen LogP contribution in [0.15, 0.2) is 24.3 Å². The van der Waals surface area contributed by atoms with Crippen molar-refractivity contribution < 1.29 is 0 Å². The predicted octanol–water partition coefficient (Wildman–Crippen LogP) is 1.88. The van der Waals surface area contributed by atoms with Gasteiger partial charge in [-0.25, -0.2) is 0 Å². The Labute approximate surface area is 95.1 Å². The number of aryl methyl sites for hydroxylation is 1. The summed E-state index contributed by atoms with van der Waals surface area (Å²) in [6, 6.07) is 8.03. The second kappa shape index (κ2) is 5.20. The third kappa shape index (κ3) is 2.00. The minimum Gasteiger partial charge on any atom is -0.325 e. The van der Waals surface area contributed by atoms with Crippen LogP contribution in [0, 0.1) is 0 Å². The van der Waals surface area contributed by atoms with Gasteiger partial charge in [0.05, 0.1) is 11.2 Å². The zero-order chi connectivity index (χ0) is 8.55. The standard InChI is InChI=1S/C9H11N3.2ClH/c1-12-9(6-10)7-4-2-3-5-8(7)11-12;;/h2-5H,6,10H2,1H3;2*1H. The predicted molar refractivity (Wildman–Crippen MR) is 63.1 cm³/mol. The van der Waals surface area contributed by atoms with E-state index >= 15 is 0 Å². The van der Waals surface area contributed by atoms with Gasteiger partial charge in [-0.15, -0.1) is 24.8 Å². The summed E-state index contributed by atoms with van der Waals surface area (Å²) in [5.41, 5.74) is 7.70. The zero-order valence-corrected chi connectivity index (χ0v) is 9.44. The van der Waals surface area contributed by atoms with E-state index in [1.54, 1.807) is 0 Å². The fourth-order valence-electron chi connectivity index (χ4n) is 1.44. The number of nitrogens with zero attached hydrogens (tertiary/aromatic N) is 2. The highest BCUT2D eigenvalue weighted by atomic mass is 35.5. The summed E-state index contributed by atoms with van der Waals surface area (Å²) in [4.78, 5) is 0. The molecule has 2 rings (SSSR count). The van der Waals surface area contributed by atoms with Gasteiger partial charge in [0.1, 0.15) is 0 Å². The van der Waals surface area contributed by atoms with E-state index < -0.39 is 0 Å². The molecule has 1 aromatic carbocycles. The van der Waals surface area contributed by atoms with Crippen molar-refractivity contribution >= 4 is 35.7 Å². The molecule has 0 bridgehead atoms. The number of benzene rings is 1. The third-order valence-corrected chi connectivity index (χ3v) is 2.06. The molecule has 3 nitrogen and oxygen atoms in total. The molecule has 1 aromatic heterocycles. The van der Waals surface area contributed by atoms with E-state index in [4.69, 9.17) is 5.73 Å². The van der Waals surface area contributed by atoms with Crippen LogP contribution >= 0.6 is 24.8 Å². The molecule has 0 amide bonds. The van der Waals surface area contributed by atoms with E-state index in [2.05, 4.69) is 5.10 Å². The molecule has 0 fully saturated rings. The molecule has 0 spiro atoms. The maximum atomic E-state index is 5.60. The van der Waals surface area contributed by atoms with E-state index in [-0.39, 0.29) is 24.8 Å². The van der Waals surface area contributed by atoms with Crippen molar-refractivity contribution in [2.45, 2.75) is 6.54 Å². The van der Waals surface area contributed by atoms with Crippen LogP contribution in [0.3, 0.4) is 0 Å². The van der Waals surface area contributed by atoms with Gasteiger partial charge in [-0.1, -0.05) is 18.2 Å². The second-order valence-corrected chi connectivity index (χ2v) is 2.79. The molecule has 0 saturated carbocycles. The number of fused-ring (bicyclic) bond motifs is 1. The lowest BCUT2D eigenvalue weighted by Gasteiger charge is -1.95. The van der Waals surface area contributed by atoms with Gasteiger partial charge in [-0.3, -0.25) is 4.68 Å². The Hall–Kier alpha value is -0.770. The van der Waals surface area contributed by atoms with E-state index in [0.717, 1.165) is 16.6 Å². The lowest BCUT2D eigenvalue weighted by atomic mass is 10.2. The van der Waals surface area contributed by atoms with Gasteiger partial charge in [0.15, 0.2) is 0 Å². The van der Waals surface area contributed by atoms with Gasteiger partial charge in [0.2, 0.25) is 0 Å². The highest BCUT2D eigenvalue weighted by Crippen LogP contribution is 2.15. The van der Waals surface area contributed by atoms with Crippen LogP contribution in [0.5, 0.6) is 0 Å². The Balaban J connectivity index is 0.000000845. The van der Waals surface area contributed by atoms with E-state index in [1.807, 2.05) is 36.0 Å². The molecular formula is C9H13Cl2N3. The van der Waals surface area contributed by atoms with Crippen LogP contribution in [-0.4, -0.2) is 9.78 Å². The summed E-state index contributed by atoms with van der Waals surface area (Å²) in [5.74, 6) is 0. The van der Waals surface area contributed by atoms with Crippen LogP contribution in [0.2, 0.25) is 0 Å². The van der Waals surface area contributed by atoms with Gasteiger partial charge < -0.3 is 5.73 Å². The van der Waals surface area contributed by atoms with Crippen molar-refractivity contribution in [3.8, 4) is 0 Å². The largest absolute Gasteiger partial charge is 0.325 e. The van der Waals surface area contributed by atoms with Crippen molar-refractivity contribution in [2.24, 2.45) is 12.8 Å². The Bertz CT molecular complexity index is 411. The fourth-order valence-corrected chi connectivity index (χ4v) is 1.44. The molecule has 0 saturated heterocycles. The molecule has 0 radical (unpaired) electrons. The van der Waals surface area contributed by atoms with Crippen molar-refractivity contribution in [1.29, 1.82) is 0 Å². The SMILES string of the molecule is Cl.Cl.Cn1nc2ccccc2c1CN. The minimum atomic E-state index is 0. The number of nitrogens with two attached hydrogens (primary N) is 1. The minimum absolute atomic E-state index is 0. The van der Waals surface area contributed by atoms with Gasteiger partial charge in [0.25, 0.3) is 0 Å². The summed E-state index contributed by atoms with van der Waals surface area (Å²) in [6.45, 7) is 0.539. The molecule has 1 heterocycles. The number of aromatic nitrogens is 2. The molecule has 0 unspecified atom stereocenters. The van der Waals surface area contributed by atoms with E-state index in [9.17, 15) is 0 Å². The summed E-state index contributed by atoms with van der Waals surface area (Å²) in [6.07, 6.45) is 0. The quantitative estimate of drug-likeness (QED) is 0.818. The van der Waals surface area contributed by atoms with Crippen LogP contribution in [0.1, 0.15) is 5.69 Å². The number of halogens is 2. The summed E-state index contributed by atoms with van der Waals surface area (Å²) in [7, 11) is 1.92. The Morgan fingerprint density at radius 1 is 1.29 bits per heavy atom. The van der Waals surface area contributed by atoms with E-state index in [1.165, 1.54) is 0 Å². The molecule has 0 atom stereocenters. The molecule has 0 aliphatic rings. The molecule has 2 aromatic rings. The zero-order valence-electron chi connectivity index (χ0n) is 7.80. The van der Waals surface area contributed by atoms with Crippen LogP contribution in [0.25, 0.3) is 10.9 Å². The highest BCUT2D eigenvalue weighted by molar-refractivity contribution is 5.85. The first kappa shape index (κ1) is 13.2. The normalized spacial score (nSPS) is 9.29. The highest BCUT2D eigenvalue weighted by Gasteiger charge is 2.04. The van der Waals surface area contributed by atoms with Crippen molar-refractivity contribution in [3.05, 3.63) is 30.0 Å². The first-order valence-electron chi connectivity index (χ1n) is 3.93. The van der Waals surface area contributed by atoms with Gasteiger partial charge in [-0.2, -0.15) is 5.10 Å². The summed E-state index contributed by atoms with van der Waals surface area (Å²) >= 11 is 0. The lowest BCUT2D eigenvalue weighted by molar-refractivity contribution is 0.722. The topological polar surface area (TPSA) is 43.8 Å². The fraction of sp³-hybridized carbons (Fsp3) is 0.222. The molecule has 2 N–H and O–H groups in total. The molecule has 0 aliphatic heterocycles. The monoisotopic (exact) mass is 233 g/mol. The van der Waals surface area contributed by atoms with Crippen LogP contribution in [-0.2, 0) is 13.6 Å². The van der Waals surface area contributed by atoms with Gasteiger partial charge >= 0.3 is 0 Å². The first-order valence-corrected chi connectivity index (χ1v) is 3.93. The summed E-state index contributed by atoms with van der Waals surface area (Å²) in [5, 5.41) is 5.48. The molecule has 5 heteroatoms. The van der Waals surface area contributed by atoms with Crippen molar-refractivity contribution in [2.75, 3.05) is 0 Å². The average molecular weight is 234 g/mol. The average Bonchev–Trinajstić information content (AvgIpc) is 2.40. The smallest absolute Gasteiger partial charge is 0.0926 e. The molecule has 78 valence electrons. The molecule has 0 aliphatic carbocycles. The third-order valence-electron chi connectivity index (χ3n) is 2.06. The maximum Gasteiger partial charge on any atom is 0.0926 e.